The molecule has 0 amide bonds. The number of hydrogen-bond acceptors (Lipinski definition) is 4. The Labute approximate surface area is 74.1 Å². The average molecular weight is 183 g/mol. The van der Waals surface area contributed by atoms with E-state index in [9.17, 15) is 4.79 Å². The van der Waals surface area contributed by atoms with Crippen molar-refractivity contribution in [1.82, 2.24) is 14.8 Å². The zero-order valence-electron chi connectivity index (χ0n) is 6.93. The minimum atomic E-state index is -1.04. The molecule has 0 saturated heterocycles. The van der Waals surface area contributed by atoms with Crippen LogP contribution >= 0.6 is 0 Å². The van der Waals surface area contributed by atoms with Crippen LogP contribution in [0.1, 0.15) is 16.4 Å². The molecule has 0 aliphatic carbocycles. The molecule has 0 radical (unpaired) electrons. The van der Waals surface area contributed by atoms with Crippen LogP contribution in [0.15, 0.2) is 0 Å². The van der Waals surface area contributed by atoms with Crippen molar-refractivity contribution < 1.29 is 14.6 Å². The molecule has 70 valence electrons. The minimum Gasteiger partial charge on any atom is -0.475 e. The SMILES string of the molecule is O=C(O)c1nnc2n1CCOCC2. The fourth-order valence-electron chi connectivity index (χ4n) is 1.33. The number of fused-ring (bicyclic) bond motifs is 1. The van der Waals surface area contributed by atoms with Crippen LogP contribution in [-0.2, 0) is 17.7 Å². The summed E-state index contributed by atoms with van der Waals surface area (Å²) in [6.07, 6.45) is 0.625. The van der Waals surface area contributed by atoms with Crippen LogP contribution < -0.4 is 0 Å². The van der Waals surface area contributed by atoms with E-state index in [1.165, 1.54) is 0 Å². The topological polar surface area (TPSA) is 77.2 Å². The summed E-state index contributed by atoms with van der Waals surface area (Å²) in [5, 5.41) is 16.1. The number of ether oxygens (including phenoxy) is 1. The first-order chi connectivity index (χ1) is 6.29. The molecule has 1 aromatic rings. The quantitative estimate of drug-likeness (QED) is 0.638. The summed E-state index contributed by atoms with van der Waals surface area (Å²) in [7, 11) is 0. The number of aromatic carboxylic acids is 1. The molecule has 6 nitrogen and oxygen atoms in total. The zero-order chi connectivity index (χ0) is 9.26. The van der Waals surface area contributed by atoms with Gasteiger partial charge in [-0.25, -0.2) is 4.79 Å². The highest BCUT2D eigenvalue weighted by Crippen LogP contribution is 2.06. The summed E-state index contributed by atoms with van der Waals surface area (Å²) in [5.41, 5.74) is 0. The Morgan fingerprint density at radius 2 is 2.31 bits per heavy atom. The molecule has 0 saturated carbocycles. The Hall–Kier alpha value is -1.43. The van der Waals surface area contributed by atoms with Gasteiger partial charge in [0, 0.05) is 13.0 Å². The van der Waals surface area contributed by atoms with Crippen molar-refractivity contribution in [1.29, 1.82) is 0 Å². The molecule has 13 heavy (non-hydrogen) atoms. The molecule has 0 unspecified atom stereocenters. The average Bonchev–Trinajstić information content (AvgIpc) is 2.36. The Morgan fingerprint density at radius 3 is 3.08 bits per heavy atom. The van der Waals surface area contributed by atoms with Gasteiger partial charge in [-0.1, -0.05) is 0 Å². The minimum absolute atomic E-state index is 0.000463. The zero-order valence-corrected chi connectivity index (χ0v) is 6.93. The van der Waals surface area contributed by atoms with E-state index in [1.807, 2.05) is 0 Å². The Bertz CT molecular complexity index is 334. The highest BCUT2D eigenvalue weighted by Gasteiger charge is 2.18. The molecule has 0 spiro atoms. The third-order valence-electron chi connectivity index (χ3n) is 1.95. The molecule has 1 aliphatic rings. The van der Waals surface area contributed by atoms with Crippen LogP contribution in [-0.4, -0.2) is 39.1 Å². The molecular weight excluding hydrogens is 174 g/mol. The van der Waals surface area contributed by atoms with Crippen LogP contribution in [0.2, 0.25) is 0 Å². The van der Waals surface area contributed by atoms with Gasteiger partial charge in [-0.2, -0.15) is 0 Å². The first-order valence-corrected chi connectivity index (χ1v) is 4.02. The Morgan fingerprint density at radius 1 is 1.46 bits per heavy atom. The van der Waals surface area contributed by atoms with Gasteiger partial charge in [0.05, 0.1) is 13.2 Å². The maximum absolute atomic E-state index is 10.7. The fourth-order valence-corrected chi connectivity index (χ4v) is 1.33. The second kappa shape index (κ2) is 3.14. The van der Waals surface area contributed by atoms with E-state index < -0.39 is 5.97 Å². The van der Waals surface area contributed by atoms with E-state index in [2.05, 4.69) is 10.2 Å². The van der Waals surface area contributed by atoms with E-state index >= 15 is 0 Å². The lowest BCUT2D eigenvalue weighted by Gasteiger charge is -2.01. The fraction of sp³-hybridized carbons (Fsp3) is 0.571. The van der Waals surface area contributed by atoms with Crippen molar-refractivity contribution in [2.45, 2.75) is 13.0 Å². The predicted molar refractivity (Wildman–Crippen MR) is 41.5 cm³/mol. The molecule has 1 aromatic heterocycles. The van der Waals surface area contributed by atoms with E-state index in [0.717, 1.165) is 0 Å². The summed E-state index contributed by atoms with van der Waals surface area (Å²) in [5.74, 6) is -0.351. The lowest BCUT2D eigenvalue weighted by Crippen LogP contribution is -2.12. The lowest BCUT2D eigenvalue weighted by atomic mass is 10.4. The third kappa shape index (κ3) is 1.40. The Kier molecular flexibility index (Phi) is 1.97. The molecule has 0 fully saturated rings. The standard InChI is InChI=1S/C7H9N3O3/c11-7(12)6-9-8-5-1-3-13-4-2-10(5)6/h1-4H2,(H,11,12). The molecule has 0 aromatic carbocycles. The van der Waals surface area contributed by atoms with E-state index in [1.54, 1.807) is 4.57 Å². The van der Waals surface area contributed by atoms with Gasteiger partial charge in [0.25, 0.3) is 0 Å². The number of hydrogen-bond donors (Lipinski definition) is 1. The number of nitrogens with zero attached hydrogens (tertiary/aromatic N) is 3. The summed E-state index contributed by atoms with van der Waals surface area (Å²) in [4.78, 5) is 10.7. The van der Waals surface area contributed by atoms with Crippen LogP contribution in [0, 0.1) is 0 Å². The molecule has 0 atom stereocenters. The number of carboxylic acids is 1. The molecule has 1 aliphatic heterocycles. The summed E-state index contributed by atoms with van der Waals surface area (Å²) in [6.45, 7) is 1.62. The monoisotopic (exact) mass is 183 g/mol. The second-order valence-electron chi connectivity index (χ2n) is 2.76. The van der Waals surface area contributed by atoms with Gasteiger partial charge in [0.15, 0.2) is 0 Å². The van der Waals surface area contributed by atoms with E-state index in [0.29, 0.717) is 32.0 Å². The predicted octanol–water partition coefficient (Wildman–Crippen LogP) is -0.451. The second-order valence-corrected chi connectivity index (χ2v) is 2.76. The highest BCUT2D eigenvalue weighted by molar-refractivity contribution is 5.83. The molecule has 2 rings (SSSR count). The van der Waals surface area contributed by atoms with Crippen molar-refractivity contribution in [3.05, 3.63) is 11.6 Å². The first kappa shape index (κ1) is 8.18. The summed E-state index contributed by atoms with van der Waals surface area (Å²) >= 11 is 0. The van der Waals surface area contributed by atoms with Crippen molar-refractivity contribution >= 4 is 5.97 Å². The van der Waals surface area contributed by atoms with Crippen LogP contribution in [0.5, 0.6) is 0 Å². The number of aromatic nitrogens is 3. The maximum atomic E-state index is 10.7. The number of carboxylic acid groups (broad SMARTS) is 1. The van der Waals surface area contributed by atoms with Gasteiger partial charge in [-0.15, -0.1) is 10.2 Å². The molecule has 2 heterocycles. The largest absolute Gasteiger partial charge is 0.475 e. The van der Waals surface area contributed by atoms with E-state index in [-0.39, 0.29) is 5.82 Å². The molecule has 6 heteroatoms. The van der Waals surface area contributed by atoms with Gasteiger partial charge in [-0.05, 0) is 0 Å². The van der Waals surface area contributed by atoms with Gasteiger partial charge in [0.1, 0.15) is 5.82 Å². The van der Waals surface area contributed by atoms with Crippen molar-refractivity contribution in [3.63, 3.8) is 0 Å². The number of rotatable bonds is 1. The van der Waals surface area contributed by atoms with E-state index in [4.69, 9.17) is 9.84 Å². The van der Waals surface area contributed by atoms with Crippen LogP contribution in [0.4, 0.5) is 0 Å². The van der Waals surface area contributed by atoms with Crippen LogP contribution in [0.25, 0.3) is 0 Å². The maximum Gasteiger partial charge on any atom is 0.374 e. The smallest absolute Gasteiger partial charge is 0.374 e. The van der Waals surface area contributed by atoms with Gasteiger partial charge in [0.2, 0.25) is 5.82 Å². The summed E-state index contributed by atoms with van der Waals surface area (Å²) in [6, 6.07) is 0. The highest BCUT2D eigenvalue weighted by atomic mass is 16.5. The third-order valence-corrected chi connectivity index (χ3v) is 1.95. The van der Waals surface area contributed by atoms with Gasteiger partial charge >= 0.3 is 5.97 Å². The number of carbonyl (C=O) groups is 1. The van der Waals surface area contributed by atoms with Crippen molar-refractivity contribution in [2.75, 3.05) is 13.2 Å². The van der Waals surface area contributed by atoms with Gasteiger partial charge < -0.3 is 14.4 Å². The lowest BCUT2D eigenvalue weighted by molar-refractivity contribution is 0.0675. The van der Waals surface area contributed by atoms with Crippen molar-refractivity contribution in [3.8, 4) is 0 Å². The first-order valence-electron chi connectivity index (χ1n) is 4.02. The molecular formula is C7H9N3O3. The molecule has 1 N–H and O–H groups in total. The van der Waals surface area contributed by atoms with Crippen LogP contribution in [0.3, 0.4) is 0 Å². The summed E-state index contributed by atoms with van der Waals surface area (Å²) < 4.78 is 6.78. The normalized spacial score (nSPS) is 16.3. The van der Waals surface area contributed by atoms with Gasteiger partial charge in [-0.3, -0.25) is 0 Å². The van der Waals surface area contributed by atoms with Crippen molar-refractivity contribution in [2.24, 2.45) is 0 Å². The molecule has 0 bridgehead atoms. The Balaban J connectivity index is 2.39.